The minimum atomic E-state index is -1.65. The van der Waals surface area contributed by atoms with Gasteiger partial charge in [-0.2, -0.15) is 20.5 Å². The molecule has 5 aromatic carbocycles. The van der Waals surface area contributed by atoms with Crippen molar-refractivity contribution in [2.75, 3.05) is 27.3 Å². The Bertz CT molecular complexity index is 2630. The van der Waals surface area contributed by atoms with Gasteiger partial charge in [0.2, 0.25) is 12.1 Å². The predicted molar refractivity (Wildman–Crippen MR) is 244 cm³/mol. The largest absolute Gasteiger partial charge is 0.476 e. The van der Waals surface area contributed by atoms with Gasteiger partial charge >= 0.3 is 0 Å². The van der Waals surface area contributed by atoms with Crippen LogP contribution in [0.2, 0.25) is 10.0 Å². The van der Waals surface area contributed by atoms with E-state index in [0.717, 1.165) is 13.8 Å². The lowest BCUT2D eigenvalue weighted by molar-refractivity contribution is -0.127. The van der Waals surface area contributed by atoms with E-state index in [1.165, 1.54) is 54.6 Å². The Hall–Kier alpha value is -6.23. The van der Waals surface area contributed by atoms with Gasteiger partial charge in [0.15, 0.2) is 17.6 Å². The highest BCUT2D eigenvalue weighted by molar-refractivity contribution is 6.32. The molecule has 4 N–H and O–H groups in total. The molecule has 0 aromatic heterocycles. The van der Waals surface area contributed by atoms with E-state index in [1.54, 1.807) is 48.5 Å². The third-order valence-corrected chi connectivity index (χ3v) is 9.79. The number of ketones is 2. The van der Waals surface area contributed by atoms with Crippen molar-refractivity contribution in [3.8, 4) is 5.75 Å². The summed E-state index contributed by atoms with van der Waals surface area (Å²) in [4.78, 5) is 78.1. The average molecular weight is 953 g/mol. The van der Waals surface area contributed by atoms with E-state index in [1.807, 2.05) is 0 Å². The van der Waals surface area contributed by atoms with Crippen LogP contribution in [0.4, 0.5) is 34.1 Å². The molecule has 5 aromatic rings. The zero-order valence-electron chi connectivity index (χ0n) is 33.1. The Morgan fingerprint density at radius 2 is 1.02 bits per heavy atom. The van der Waals surface area contributed by atoms with Crippen LogP contribution in [0.3, 0.4) is 0 Å². The van der Waals surface area contributed by atoms with Crippen molar-refractivity contribution in [2.45, 2.75) is 37.7 Å². The van der Waals surface area contributed by atoms with Crippen molar-refractivity contribution < 1.29 is 33.5 Å². The molecule has 15 nitrogen and oxygen atoms in total. The third kappa shape index (κ3) is 13.4. The standard InChI is InChI=1S/C43H35Cl5N8O7/c1-23(57)38(55-53-32-15-27(13-29(47)17-32)40(59)50-34-9-5-3-7-25(34)20-44)42(61)49-31-11-12-36(37(19-31)63-22-46)52-43(62)39(24(2)58)56-54-33-16-28(14-30(48)18-33)41(60)51-35-10-6-4-8-26(35)21-45/h3-19,38-39H,20-22H2,1-2H3,(H,49,61)(H,50,59)(H,51,60)(H,52,62). The summed E-state index contributed by atoms with van der Waals surface area (Å²) in [6, 6.07) is 22.7. The molecular weight excluding hydrogens is 918 g/mol. The first-order valence-corrected chi connectivity index (χ1v) is 20.8. The van der Waals surface area contributed by atoms with Crippen LogP contribution in [-0.2, 0) is 30.9 Å². The second-order valence-electron chi connectivity index (χ2n) is 13.3. The van der Waals surface area contributed by atoms with Gasteiger partial charge in [-0.15, -0.1) is 23.2 Å². The van der Waals surface area contributed by atoms with Crippen LogP contribution in [-0.4, -0.2) is 53.3 Å². The molecule has 0 saturated carbocycles. The number of ether oxygens (including phenoxy) is 1. The molecule has 20 heteroatoms. The highest BCUT2D eigenvalue weighted by Gasteiger charge is 2.26. The van der Waals surface area contributed by atoms with Crippen LogP contribution < -0.4 is 26.0 Å². The van der Waals surface area contributed by atoms with E-state index in [2.05, 4.69) is 41.7 Å². The number of anilines is 4. The minimum absolute atomic E-state index is 0.0315. The first-order valence-electron chi connectivity index (χ1n) is 18.5. The maximum atomic E-state index is 13.4. The lowest BCUT2D eigenvalue weighted by Gasteiger charge is -2.15. The Labute approximate surface area is 385 Å². The molecule has 0 aliphatic carbocycles. The molecule has 4 amide bonds. The van der Waals surface area contributed by atoms with E-state index >= 15 is 0 Å². The molecule has 2 unspecified atom stereocenters. The normalized spacial score (nSPS) is 12.0. The number of carbonyl (C=O) groups is 6. The number of amides is 4. The van der Waals surface area contributed by atoms with Gasteiger partial charge in [0, 0.05) is 56.1 Å². The van der Waals surface area contributed by atoms with Crippen LogP contribution >= 0.6 is 58.0 Å². The number of nitrogens with zero attached hydrogens (tertiary/aromatic N) is 4. The number of alkyl halides is 3. The molecule has 5 rings (SSSR count). The van der Waals surface area contributed by atoms with E-state index in [-0.39, 0.29) is 67.5 Å². The van der Waals surface area contributed by atoms with Crippen molar-refractivity contribution in [2.24, 2.45) is 20.5 Å². The number of hydrogen-bond acceptors (Lipinski definition) is 11. The van der Waals surface area contributed by atoms with Gasteiger partial charge in [0.05, 0.1) is 17.1 Å². The summed E-state index contributed by atoms with van der Waals surface area (Å²) in [6.45, 7) is 2.28. The summed E-state index contributed by atoms with van der Waals surface area (Å²) in [5.74, 6) is -3.84. The Morgan fingerprint density at radius 1 is 0.556 bits per heavy atom. The number of rotatable bonds is 18. The maximum absolute atomic E-state index is 13.4. The van der Waals surface area contributed by atoms with Gasteiger partial charge in [0.1, 0.15) is 5.75 Å². The van der Waals surface area contributed by atoms with Crippen molar-refractivity contribution in [1.29, 1.82) is 0 Å². The molecule has 2 atom stereocenters. The number of halogens is 5. The summed E-state index contributed by atoms with van der Waals surface area (Å²) in [5, 5.41) is 26.9. The van der Waals surface area contributed by atoms with Crippen LogP contribution in [0.15, 0.2) is 124 Å². The van der Waals surface area contributed by atoms with Crippen molar-refractivity contribution >= 4 is 127 Å². The van der Waals surface area contributed by atoms with Gasteiger partial charge in [-0.25, -0.2) is 0 Å². The molecule has 0 radical (unpaired) electrons. The quantitative estimate of drug-likeness (QED) is 0.0379. The highest BCUT2D eigenvalue weighted by atomic mass is 35.5. The summed E-state index contributed by atoms with van der Waals surface area (Å²) in [6.07, 6.45) is 0. The molecule has 0 bridgehead atoms. The molecule has 0 spiro atoms. The fourth-order valence-corrected chi connectivity index (χ4v) is 6.65. The van der Waals surface area contributed by atoms with Gasteiger partial charge in [-0.05, 0) is 85.6 Å². The predicted octanol–water partition coefficient (Wildman–Crippen LogP) is 10.9. The van der Waals surface area contributed by atoms with E-state index < -0.39 is 47.3 Å². The monoisotopic (exact) mass is 950 g/mol. The molecule has 0 heterocycles. The summed E-state index contributed by atoms with van der Waals surface area (Å²) in [5.41, 5.74) is 2.97. The summed E-state index contributed by atoms with van der Waals surface area (Å²) < 4.78 is 5.48. The number of carbonyl (C=O) groups excluding carboxylic acids is 6. The third-order valence-electron chi connectivity index (χ3n) is 8.67. The number of para-hydroxylation sites is 2. The molecule has 0 aliphatic rings. The number of benzene rings is 5. The lowest BCUT2D eigenvalue weighted by atomic mass is 10.1. The van der Waals surface area contributed by atoms with Crippen LogP contribution in [0.5, 0.6) is 5.75 Å². The fourth-order valence-electron chi connectivity index (χ4n) is 5.61. The van der Waals surface area contributed by atoms with Crippen LogP contribution in [0.1, 0.15) is 45.7 Å². The Morgan fingerprint density at radius 3 is 1.46 bits per heavy atom. The number of nitrogens with one attached hydrogen (secondary N) is 4. The Balaban J connectivity index is 1.28. The average Bonchev–Trinajstić information content (AvgIpc) is 3.24. The summed E-state index contributed by atoms with van der Waals surface area (Å²) in [7, 11) is 0. The highest BCUT2D eigenvalue weighted by Crippen LogP contribution is 2.31. The molecule has 63 heavy (non-hydrogen) atoms. The second kappa shape index (κ2) is 22.7. The zero-order chi connectivity index (χ0) is 45.6. The first kappa shape index (κ1) is 47.8. The summed E-state index contributed by atoms with van der Waals surface area (Å²) >= 11 is 30.4. The smallest absolute Gasteiger partial charge is 0.258 e. The molecular formula is C43H35Cl5N8O7. The topological polar surface area (TPSA) is 209 Å². The van der Waals surface area contributed by atoms with Crippen molar-refractivity contribution in [3.05, 3.63) is 135 Å². The van der Waals surface area contributed by atoms with Crippen LogP contribution in [0, 0.1) is 0 Å². The van der Waals surface area contributed by atoms with Gasteiger partial charge in [-0.1, -0.05) is 71.2 Å². The number of azo groups is 2. The molecule has 0 fully saturated rings. The Kier molecular flexibility index (Phi) is 17.3. The van der Waals surface area contributed by atoms with E-state index in [9.17, 15) is 28.8 Å². The van der Waals surface area contributed by atoms with Gasteiger partial charge < -0.3 is 26.0 Å². The van der Waals surface area contributed by atoms with Crippen molar-refractivity contribution in [1.82, 2.24) is 0 Å². The van der Waals surface area contributed by atoms with Gasteiger partial charge in [0.25, 0.3) is 23.6 Å². The molecule has 324 valence electrons. The maximum Gasteiger partial charge on any atom is 0.258 e. The second-order valence-corrected chi connectivity index (χ2v) is 14.9. The lowest BCUT2D eigenvalue weighted by Crippen LogP contribution is -2.32. The first-order chi connectivity index (χ1) is 30.2. The van der Waals surface area contributed by atoms with Crippen LogP contribution in [0.25, 0.3) is 0 Å². The van der Waals surface area contributed by atoms with E-state index in [0.29, 0.717) is 22.5 Å². The number of Topliss-reactive ketones (excluding diaryl/α,β-unsaturated/α-hetero) is 2. The van der Waals surface area contributed by atoms with Crippen molar-refractivity contribution in [3.63, 3.8) is 0 Å². The molecule has 0 aliphatic heterocycles. The fraction of sp³-hybridized carbons (Fsp3) is 0.163. The number of hydrogen-bond donors (Lipinski definition) is 4. The van der Waals surface area contributed by atoms with Gasteiger partial charge in [-0.3, -0.25) is 28.8 Å². The molecule has 0 saturated heterocycles. The SMILES string of the molecule is CC(=O)C(N=Nc1cc(Cl)cc(C(=O)Nc2ccccc2CCl)c1)C(=O)Nc1ccc(NC(=O)C(N=Nc2cc(Cl)cc(C(=O)Nc3ccccc3CCl)c2)C(C)=O)c(OCCl)c1. The van der Waals surface area contributed by atoms with E-state index in [4.69, 9.17) is 62.7 Å². The zero-order valence-corrected chi connectivity index (χ0v) is 36.9. The minimum Gasteiger partial charge on any atom is -0.476 e.